The molecular weight excluding hydrogens is 281 g/mol. The van der Waals surface area contributed by atoms with Crippen LogP contribution in [0.2, 0.25) is 0 Å². The van der Waals surface area contributed by atoms with Crippen molar-refractivity contribution in [1.82, 2.24) is 5.32 Å². The number of benzene rings is 1. The smallest absolute Gasteiger partial charge is 0.123 e. The highest BCUT2D eigenvalue weighted by Crippen LogP contribution is 2.37. The number of halogens is 1. The molecule has 1 atom stereocenters. The van der Waals surface area contributed by atoms with Gasteiger partial charge in [-0.25, -0.2) is 4.39 Å². The van der Waals surface area contributed by atoms with Crippen LogP contribution in [0, 0.1) is 11.7 Å². The highest BCUT2D eigenvalue weighted by Gasteiger charge is 2.26. The fraction of sp³-hybridized carbons (Fsp3) is 0.444. The van der Waals surface area contributed by atoms with E-state index in [2.05, 4.69) is 22.8 Å². The van der Waals surface area contributed by atoms with Gasteiger partial charge in [-0.05, 0) is 60.9 Å². The van der Waals surface area contributed by atoms with Gasteiger partial charge in [0.25, 0.3) is 0 Å². The SMILES string of the molecule is Fc1ccc(CCNC(c2cccs2)C2CCCC2)cc1. The summed E-state index contributed by atoms with van der Waals surface area (Å²) in [5.74, 6) is 0.617. The third kappa shape index (κ3) is 3.92. The molecule has 1 unspecified atom stereocenters. The summed E-state index contributed by atoms with van der Waals surface area (Å²) in [6, 6.07) is 11.7. The van der Waals surface area contributed by atoms with Crippen molar-refractivity contribution in [3.63, 3.8) is 0 Å². The Bertz CT molecular complexity index is 529. The first-order chi connectivity index (χ1) is 10.3. The quantitative estimate of drug-likeness (QED) is 0.796. The van der Waals surface area contributed by atoms with Crippen molar-refractivity contribution >= 4 is 11.3 Å². The second-order valence-electron chi connectivity index (χ2n) is 5.87. The Morgan fingerprint density at radius 2 is 1.90 bits per heavy atom. The summed E-state index contributed by atoms with van der Waals surface area (Å²) in [4.78, 5) is 1.46. The number of hydrogen-bond acceptors (Lipinski definition) is 2. The monoisotopic (exact) mass is 303 g/mol. The molecule has 1 aliphatic carbocycles. The number of hydrogen-bond donors (Lipinski definition) is 1. The second kappa shape index (κ2) is 7.19. The van der Waals surface area contributed by atoms with Crippen LogP contribution in [0.3, 0.4) is 0 Å². The van der Waals surface area contributed by atoms with Crippen LogP contribution in [0.5, 0.6) is 0 Å². The average molecular weight is 303 g/mol. The molecule has 21 heavy (non-hydrogen) atoms. The van der Waals surface area contributed by atoms with Crippen LogP contribution in [0.4, 0.5) is 4.39 Å². The fourth-order valence-corrected chi connectivity index (χ4v) is 4.18. The zero-order valence-electron chi connectivity index (χ0n) is 12.2. The summed E-state index contributed by atoms with van der Waals surface area (Å²) in [6.07, 6.45) is 6.37. The lowest BCUT2D eigenvalue weighted by Crippen LogP contribution is -2.28. The van der Waals surface area contributed by atoms with Gasteiger partial charge in [-0.3, -0.25) is 0 Å². The van der Waals surface area contributed by atoms with Gasteiger partial charge in [-0.1, -0.05) is 31.0 Å². The maximum atomic E-state index is 12.9. The predicted octanol–water partition coefficient (Wildman–Crippen LogP) is 4.95. The Morgan fingerprint density at radius 3 is 2.57 bits per heavy atom. The molecule has 0 spiro atoms. The summed E-state index contributed by atoms with van der Waals surface area (Å²) >= 11 is 1.85. The van der Waals surface area contributed by atoms with E-state index in [4.69, 9.17) is 0 Å². The Kier molecular flexibility index (Phi) is 5.04. The summed E-state index contributed by atoms with van der Waals surface area (Å²) in [5, 5.41) is 5.91. The van der Waals surface area contributed by atoms with Gasteiger partial charge in [-0.15, -0.1) is 11.3 Å². The van der Waals surface area contributed by atoms with E-state index in [0.717, 1.165) is 18.9 Å². The Labute approximate surface area is 130 Å². The standard InChI is InChI=1S/C18H22FNS/c19-16-9-7-14(8-10-16)11-12-20-18(15-4-1-2-5-15)17-6-3-13-21-17/h3,6-10,13,15,18,20H,1-2,4-5,11-12H2. The van der Waals surface area contributed by atoms with E-state index in [1.807, 2.05) is 23.5 Å². The maximum Gasteiger partial charge on any atom is 0.123 e. The van der Waals surface area contributed by atoms with Crippen molar-refractivity contribution in [2.45, 2.75) is 38.1 Å². The van der Waals surface area contributed by atoms with Crippen molar-refractivity contribution in [3.05, 3.63) is 58.0 Å². The molecule has 1 N–H and O–H groups in total. The normalized spacial score (nSPS) is 17.2. The fourth-order valence-electron chi connectivity index (χ4n) is 3.28. The molecule has 1 saturated carbocycles. The Morgan fingerprint density at radius 1 is 1.14 bits per heavy atom. The van der Waals surface area contributed by atoms with Crippen molar-refractivity contribution < 1.29 is 4.39 Å². The zero-order valence-corrected chi connectivity index (χ0v) is 13.0. The average Bonchev–Trinajstić information content (AvgIpc) is 3.19. The minimum Gasteiger partial charge on any atom is -0.309 e. The molecule has 0 radical (unpaired) electrons. The van der Waals surface area contributed by atoms with Crippen LogP contribution >= 0.6 is 11.3 Å². The van der Waals surface area contributed by atoms with E-state index in [-0.39, 0.29) is 5.82 Å². The topological polar surface area (TPSA) is 12.0 Å². The van der Waals surface area contributed by atoms with Crippen LogP contribution in [0.15, 0.2) is 41.8 Å². The number of thiophene rings is 1. The Balaban J connectivity index is 1.58. The molecular formula is C18H22FNS. The molecule has 3 rings (SSSR count). The van der Waals surface area contributed by atoms with E-state index in [0.29, 0.717) is 6.04 Å². The molecule has 3 heteroatoms. The van der Waals surface area contributed by atoms with Crippen LogP contribution in [0.1, 0.15) is 42.2 Å². The largest absolute Gasteiger partial charge is 0.309 e. The van der Waals surface area contributed by atoms with E-state index in [9.17, 15) is 4.39 Å². The number of rotatable bonds is 6. The lowest BCUT2D eigenvalue weighted by molar-refractivity contribution is 0.374. The first-order valence-electron chi connectivity index (χ1n) is 7.84. The van der Waals surface area contributed by atoms with E-state index in [1.54, 1.807) is 12.1 Å². The lowest BCUT2D eigenvalue weighted by atomic mass is 9.96. The van der Waals surface area contributed by atoms with Crippen molar-refractivity contribution in [2.24, 2.45) is 5.92 Å². The van der Waals surface area contributed by atoms with E-state index < -0.39 is 0 Å². The zero-order chi connectivity index (χ0) is 14.5. The third-order valence-electron chi connectivity index (χ3n) is 4.41. The predicted molar refractivity (Wildman–Crippen MR) is 87.1 cm³/mol. The van der Waals surface area contributed by atoms with Gasteiger partial charge in [0.15, 0.2) is 0 Å². The van der Waals surface area contributed by atoms with Gasteiger partial charge in [0.05, 0.1) is 0 Å². The minimum atomic E-state index is -0.158. The summed E-state index contributed by atoms with van der Waals surface area (Å²) in [6.45, 7) is 0.949. The van der Waals surface area contributed by atoms with E-state index >= 15 is 0 Å². The van der Waals surface area contributed by atoms with Gasteiger partial charge in [-0.2, -0.15) is 0 Å². The first-order valence-corrected chi connectivity index (χ1v) is 8.72. The number of nitrogens with one attached hydrogen (secondary N) is 1. The molecule has 1 aromatic carbocycles. The summed E-state index contributed by atoms with van der Waals surface area (Å²) in [7, 11) is 0. The van der Waals surface area contributed by atoms with Gasteiger partial charge in [0, 0.05) is 10.9 Å². The summed E-state index contributed by atoms with van der Waals surface area (Å²) < 4.78 is 12.9. The minimum absolute atomic E-state index is 0.158. The summed E-state index contributed by atoms with van der Waals surface area (Å²) in [5.41, 5.74) is 1.19. The van der Waals surface area contributed by atoms with E-state index in [1.165, 1.54) is 36.1 Å². The molecule has 2 aromatic rings. The molecule has 1 aromatic heterocycles. The maximum absolute atomic E-state index is 12.9. The second-order valence-corrected chi connectivity index (χ2v) is 6.85. The Hall–Kier alpha value is -1.19. The first kappa shape index (κ1) is 14.7. The van der Waals surface area contributed by atoms with Crippen LogP contribution in [-0.4, -0.2) is 6.54 Å². The van der Waals surface area contributed by atoms with Crippen molar-refractivity contribution in [2.75, 3.05) is 6.54 Å². The van der Waals surface area contributed by atoms with Gasteiger partial charge >= 0.3 is 0 Å². The van der Waals surface area contributed by atoms with Crippen molar-refractivity contribution in [3.8, 4) is 0 Å². The molecule has 0 saturated heterocycles. The molecule has 1 heterocycles. The van der Waals surface area contributed by atoms with Crippen LogP contribution in [0.25, 0.3) is 0 Å². The molecule has 0 amide bonds. The highest BCUT2D eigenvalue weighted by atomic mass is 32.1. The van der Waals surface area contributed by atoms with Crippen LogP contribution < -0.4 is 5.32 Å². The van der Waals surface area contributed by atoms with Gasteiger partial charge < -0.3 is 5.32 Å². The van der Waals surface area contributed by atoms with Gasteiger partial charge in [0.1, 0.15) is 5.82 Å². The molecule has 1 aliphatic rings. The molecule has 0 bridgehead atoms. The third-order valence-corrected chi connectivity index (χ3v) is 5.37. The molecule has 0 aliphatic heterocycles. The lowest BCUT2D eigenvalue weighted by Gasteiger charge is -2.24. The van der Waals surface area contributed by atoms with Crippen LogP contribution in [-0.2, 0) is 6.42 Å². The molecule has 1 fully saturated rings. The highest BCUT2D eigenvalue weighted by molar-refractivity contribution is 7.10. The van der Waals surface area contributed by atoms with Gasteiger partial charge in [0.2, 0.25) is 0 Å². The molecule has 112 valence electrons. The molecule has 1 nitrogen and oxygen atoms in total. The van der Waals surface area contributed by atoms with Crippen molar-refractivity contribution in [1.29, 1.82) is 0 Å².